The molecule has 0 aliphatic carbocycles. The van der Waals surface area contributed by atoms with Crippen LogP contribution >= 0.6 is 0 Å². The van der Waals surface area contributed by atoms with Gasteiger partial charge in [-0.15, -0.1) is 0 Å². The van der Waals surface area contributed by atoms with E-state index >= 15 is 0 Å². The van der Waals surface area contributed by atoms with Crippen LogP contribution in [0, 0.1) is 12.8 Å². The Hall–Kier alpha value is -2.92. The van der Waals surface area contributed by atoms with Crippen LogP contribution in [0.4, 0.5) is 0 Å². The molecule has 3 N–H and O–H groups in total. The first-order valence-electron chi connectivity index (χ1n) is 9.46. The van der Waals surface area contributed by atoms with Gasteiger partial charge in [-0.3, -0.25) is 4.98 Å². The standard InChI is InChI=1S/C23H26N2O3/c1-14(2)10-21-19(12-24)23(16-6-4-15(3)5-7-16)18-11-17(28-13-22(26)27)8-9-20(18)25-21/h4-9,11,14H,10,12-13,24H2,1-3H3,(H,26,27). The zero-order valence-electron chi connectivity index (χ0n) is 16.5. The Morgan fingerprint density at radius 1 is 1.18 bits per heavy atom. The Balaban J connectivity index is 2.26. The molecule has 0 amide bonds. The largest absolute Gasteiger partial charge is 0.482 e. The van der Waals surface area contributed by atoms with Gasteiger partial charge in [-0.2, -0.15) is 0 Å². The Kier molecular flexibility index (Phi) is 5.95. The molecule has 0 spiro atoms. The molecule has 28 heavy (non-hydrogen) atoms. The van der Waals surface area contributed by atoms with Crippen LogP contribution in [0.3, 0.4) is 0 Å². The van der Waals surface area contributed by atoms with Crippen LogP contribution in [-0.2, 0) is 17.8 Å². The molecule has 3 aromatic rings. The quantitative estimate of drug-likeness (QED) is 0.639. The molecule has 0 bridgehead atoms. The fourth-order valence-electron chi connectivity index (χ4n) is 3.39. The SMILES string of the molecule is Cc1ccc(-c2c(CN)c(CC(C)C)nc3ccc(OCC(=O)O)cc23)cc1. The number of hydrogen-bond acceptors (Lipinski definition) is 4. The fraction of sp³-hybridized carbons (Fsp3) is 0.304. The maximum absolute atomic E-state index is 10.9. The van der Waals surface area contributed by atoms with Crippen molar-refractivity contribution < 1.29 is 14.6 Å². The second-order valence-corrected chi connectivity index (χ2v) is 7.44. The van der Waals surface area contributed by atoms with Crippen LogP contribution in [0.1, 0.15) is 30.7 Å². The van der Waals surface area contributed by atoms with E-state index in [2.05, 4.69) is 45.0 Å². The van der Waals surface area contributed by atoms with Crippen molar-refractivity contribution in [3.05, 3.63) is 59.3 Å². The van der Waals surface area contributed by atoms with E-state index in [1.165, 1.54) is 5.56 Å². The summed E-state index contributed by atoms with van der Waals surface area (Å²) < 4.78 is 5.40. The predicted octanol–water partition coefficient (Wildman–Crippen LogP) is 4.33. The third-order valence-electron chi connectivity index (χ3n) is 4.65. The predicted molar refractivity (Wildman–Crippen MR) is 111 cm³/mol. The third-order valence-corrected chi connectivity index (χ3v) is 4.65. The van der Waals surface area contributed by atoms with E-state index in [1.807, 2.05) is 12.1 Å². The van der Waals surface area contributed by atoms with Gasteiger partial charge in [0.2, 0.25) is 0 Å². The molecular formula is C23H26N2O3. The van der Waals surface area contributed by atoms with Crippen molar-refractivity contribution in [1.29, 1.82) is 0 Å². The summed E-state index contributed by atoms with van der Waals surface area (Å²) in [7, 11) is 0. The van der Waals surface area contributed by atoms with E-state index in [4.69, 9.17) is 20.6 Å². The van der Waals surface area contributed by atoms with Gasteiger partial charge in [-0.05, 0) is 54.2 Å². The van der Waals surface area contributed by atoms with Gasteiger partial charge in [0.1, 0.15) is 5.75 Å². The van der Waals surface area contributed by atoms with Gasteiger partial charge in [0.05, 0.1) is 5.52 Å². The van der Waals surface area contributed by atoms with Crippen molar-refractivity contribution >= 4 is 16.9 Å². The average Bonchev–Trinajstić information content (AvgIpc) is 2.65. The van der Waals surface area contributed by atoms with Gasteiger partial charge in [0.25, 0.3) is 0 Å². The van der Waals surface area contributed by atoms with Crippen molar-refractivity contribution in [3.8, 4) is 16.9 Å². The first kappa shape index (κ1) is 19.8. The lowest BCUT2D eigenvalue weighted by Gasteiger charge is -2.18. The second-order valence-electron chi connectivity index (χ2n) is 7.44. The number of carboxylic acids is 1. The summed E-state index contributed by atoms with van der Waals surface area (Å²) in [6, 6.07) is 13.8. The summed E-state index contributed by atoms with van der Waals surface area (Å²) in [6.45, 7) is 6.39. The Bertz CT molecular complexity index is 995. The molecule has 0 aliphatic rings. The van der Waals surface area contributed by atoms with Gasteiger partial charge in [-0.1, -0.05) is 43.7 Å². The minimum absolute atomic E-state index is 0.381. The topological polar surface area (TPSA) is 85.4 Å². The van der Waals surface area contributed by atoms with Crippen molar-refractivity contribution in [2.24, 2.45) is 11.7 Å². The molecule has 0 radical (unpaired) electrons. The van der Waals surface area contributed by atoms with E-state index in [0.717, 1.165) is 39.7 Å². The van der Waals surface area contributed by atoms with Gasteiger partial charge in [-0.25, -0.2) is 4.79 Å². The summed E-state index contributed by atoms with van der Waals surface area (Å²) in [5, 5.41) is 9.81. The number of carboxylic acid groups (broad SMARTS) is 1. The van der Waals surface area contributed by atoms with E-state index in [1.54, 1.807) is 6.07 Å². The molecular weight excluding hydrogens is 352 g/mol. The average molecular weight is 378 g/mol. The lowest BCUT2D eigenvalue weighted by atomic mass is 9.91. The normalized spacial score (nSPS) is 11.2. The molecule has 2 aromatic carbocycles. The van der Waals surface area contributed by atoms with Crippen LogP contribution in [0.5, 0.6) is 5.75 Å². The summed E-state index contributed by atoms with van der Waals surface area (Å²) in [6.07, 6.45) is 0.846. The number of rotatable bonds is 7. The molecule has 1 aromatic heterocycles. The van der Waals surface area contributed by atoms with Crippen LogP contribution in [0.15, 0.2) is 42.5 Å². The molecule has 0 unspecified atom stereocenters. The van der Waals surface area contributed by atoms with E-state index in [0.29, 0.717) is 18.2 Å². The summed E-state index contributed by atoms with van der Waals surface area (Å²) >= 11 is 0. The van der Waals surface area contributed by atoms with Crippen molar-refractivity contribution in [3.63, 3.8) is 0 Å². The smallest absolute Gasteiger partial charge is 0.341 e. The monoisotopic (exact) mass is 378 g/mol. The molecule has 0 saturated carbocycles. The van der Waals surface area contributed by atoms with Crippen LogP contribution in [0.25, 0.3) is 22.0 Å². The van der Waals surface area contributed by atoms with Gasteiger partial charge >= 0.3 is 5.97 Å². The van der Waals surface area contributed by atoms with Gasteiger partial charge < -0.3 is 15.6 Å². The molecule has 146 valence electrons. The molecule has 0 fully saturated rings. The summed E-state index contributed by atoms with van der Waals surface area (Å²) in [5.41, 5.74) is 12.4. The number of hydrogen-bond donors (Lipinski definition) is 2. The third kappa shape index (κ3) is 4.31. The molecule has 0 saturated heterocycles. The number of carbonyl (C=O) groups is 1. The highest BCUT2D eigenvalue weighted by Crippen LogP contribution is 2.35. The van der Waals surface area contributed by atoms with Crippen molar-refractivity contribution in [2.45, 2.75) is 33.7 Å². The number of aliphatic carboxylic acids is 1. The number of ether oxygens (including phenoxy) is 1. The molecule has 1 heterocycles. The first-order valence-corrected chi connectivity index (χ1v) is 9.46. The number of fused-ring (bicyclic) bond motifs is 1. The lowest BCUT2D eigenvalue weighted by Crippen LogP contribution is -2.11. The zero-order valence-corrected chi connectivity index (χ0v) is 16.5. The highest BCUT2D eigenvalue weighted by atomic mass is 16.5. The van der Waals surface area contributed by atoms with Gasteiger partial charge in [0, 0.05) is 17.6 Å². The highest BCUT2D eigenvalue weighted by Gasteiger charge is 2.17. The Morgan fingerprint density at radius 3 is 2.50 bits per heavy atom. The van der Waals surface area contributed by atoms with E-state index in [9.17, 15) is 4.79 Å². The van der Waals surface area contributed by atoms with Crippen LogP contribution in [-0.4, -0.2) is 22.7 Å². The minimum atomic E-state index is -1.01. The molecule has 0 atom stereocenters. The number of nitrogens with zero attached hydrogens (tertiary/aromatic N) is 1. The Morgan fingerprint density at radius 2 is 1.89 bits per heavy atom. The summed E-state index contributed by atoms with van der Waals surface area (Å²) in [4.78, 5) is 15.7. The summed E-state index contributed by atoms with van der Waals surface area (Å²) in [5.74, 6) is -0.0455. The van der Waals surface area contributed by atoms with E-state index < -0.39 is 5.97 Å². The zero-order chi connectivity index (χ0) is 20.3. The maximum atomic E-state index is 10.9. The van der Waals surface area contributed by atoms with Crippen LogP contribution < -0.4 is 10.5 Å². The molecule has 3 rings (SSSR count). The van der Waals surface area contributed by atoms with Crippen molar-refractivity contribution in [1.82, 2.24) is 4.98 Å². The highest BCUT2D eigenvalue weighted by molar-refractivity contribution is 5.97. The molecule has 5 heteroatoms. The van der Waals surface area contributed by atoms with Crippen molar-refractivity contribution in [2.75, 3.05) is 6.61 Å². The molecule has 5 nitrogen and oxygen atoms in total. The van der Waals surface area contributed by atoms with Gasteiger partial charge in [0.15, 0.2) is 6.61 Å². The number of benzene rings is 2. The number of aromatic nitrogens is 1. The van der Waals surface area contributed by atoms with E-state index in [-0.39, 0.29) is 6.61 Å². The number of pyridine rings is 1. The lowest BCUT2D eigenvalue weighted by molar-refractivity contribution is -0.139. The maximum Gasteiger partial charge on any atom is 0.341 e. The molecule has 0 aliphatic heterocycles. The Labute approximate surface area is 165 Å². The second kappa shape index (κ2) is 8.40. The first-order chi connectivity index (χ1) is 13.4. The number of aryl methyl sites for hydroxylation is 1. The minimum Gasteiger partial charge on any atom is -0.482 e. The fourth-order valence-corrected chi connectivity index (χ4v) is 3.39. The number of nitrogens with two attached hydrogens (primary N) is 1. The van der Waals surface area contributed by atoms with Crippen LogP contribution in [0.2, 0.25) is 0 Å².